The van der Waals surface area contributed by atoms with Crippen molar-refractivity contribution < 1.29 is 14.3 Å². The third-order valence-corrected chi connectivity index (χ3v) is 6.70. The summed E-state index contributed by atoms with van der Waals surface area (Å²) in [5.41, 5.74) is 2.19. The molecule has 34 heavy (non-hydrogen) atoms. The summed E-state index contributed by atoms with van der Waals surface area (Å²) in [6, 6.07) is 9.92. The Morgan fingerprint density at radius 2 is 1.88 bits per heavy atom. The summed E-state index contributed by atoms with van der Waals surface area (Å²) in [6.45, 7) is 5.70. The third-order valence-electron chi connectivity index (χ3n) is 5.26. The van der Waals surface area contributed by atoms with Crippen molar-refractivity contribution in [1.29, 1.82) is 0 Å². The molecule has 1 amide bonds. The molecular weight excluding hydrogens is 497 g/mol. The first kappa shape index (κ1) is 23.9. The lowest BCUT2D eigenvalue weighted by Gasteiger charge is -2.11. The van der Waals surface area contributed by atoms with Gasteiger partial charge in [0.25, 0.3) is 11.5 Å². The van der Waals surface area contributed by atoms with Crippen LogP contribution >= 0.6 is 34.5 Å². The Labute approximate surface area is 208 Å². The number of hydrogen-bond donors (Lipinski definition) is 1. The van der Waals surface area contributed by atoms with Gasteiger partial charge in [-0.1, -0.05) is 29.3 Å². The molecule has 7 nitrogen and oxygen atoms in total. The highest BCUT2D eigenvalue weighted by atomic mass is 35.5. The Bertz CT molecular complexity index is 1510. The molecule has 0 fully saturated rings. The molecule has 0 aliphatic heterocycles. The number of carbonyl (C=O) groups excluding carboxylic acids is 2. The number of amides is 1. The fourth-order valence-electron chi connectivity index (χ4n) is 3.37. The van der Waals surface area contributed by atoms with Crippen LogP contribution in [0.15, 0.2) is 46.6 Å². The lowest BCUT2D eigenvalue weighted by Crippen LogP contribution is -2.25. The number of fused-ring (bicyclic) bond motifs is 1. The van der Waals surface area contributed by atoms with Crippen molar-refractivity contribution in [3.63, 3.8) is 0 Å². The van der Waals surface area contributed by atoms with E-state index in [0.29, 0.717) is 16.1 Å². The highest BCUT2D eigenvalue weighted by Crippen LogP contribution is 2.32. The number of anilines is 1. The van der Waals surface area contributed by atoms with E-state index >= 15 is 0 Å². The van der Waals surface area contributed by atoms with E-state index in [1.165, 1.54) is 12.1 Å². The molecule has 0 saturated heterocycles. The van der Waals surface area contributed by atoms with E-state index in [9.17, 15) is 14.4 Å². The van der Waals surface area contributed by atoms with Gasteiger partial charge in [-0.05, 0) is 62.2 Å². The first-order chi connectivity index (χ1) is 16.2. The number of hydrogen-bond acceptors (Lipinski definition) is 6. The molecule has 0 bridgehead atoms. The first-order valence-corrected chi connectivity index (χ1v) is 11.9. The zero-order valence-corrected chi connectivity index (χ0v) is 20.8. The maximum absolute atomic E-state index is 13.5. The number of aromatic nitrogens is 2. The number of carbonyl (C=O) groups is 2. The molecule has 2 aromatic carbocycles. The molecule has 0 unspecified atom stereocenters. The van der Waals surface area contributed by atoms with Gasteiger partial charge in [-0.15, -0.1) is 11.3 Å². The normalized spacial score (nSPS) is 11.0. The van der Waals surface area contributed by atoms with Gasteiger partial charge in [0, 0.05) is 15.8 Å². The largest absolute Gasteiger partial charge is 0.461 e. The molecule has 0 atom stereocenters. The Kier molecular flexibility index (Phi) is 6.74. The summed E-state index contributed by atoms with van der Waals surface area (Å²) in [5, 5.41) is 9.94. The van der Waals surface area contributed by atoms with Gasteiger partial charge in [0.15, 0.2) is 5.69 Å². The summed E-state index contributed by atoms with van der Waals surface area (Å²) >= 11 is 13.2. The van der Waals surface area contributed by atoms with E-state index in [4.69, 9.17) is 27.9 Å². The van der Waals surface area contributed by atoms with Crippen LogP contribution in [0.25, 0.3) is 16.5 Å². The average Bonchev–Trinajstić information content (AvgIpc) is 3.20. The second-order valence-electron chi connectivity index (χ2n) is 7.49. The first-order valence-electron chi connectivity index (χ1n) is 10.3. The summed E-state index contributed by atoms with van der Waals surface area (Å²) in [7, 11) is 0. The van der Waals surface area contributed by atoms with Crippen molar-refractivity contribution in [2.75, 3.05) is 11.9 Å². The minimum atomic E-state index is -0.665. The van der Waals surface area contributed by atoms with Crippen molar-refractivity contribution in [1.82, 2.24) is 9.78 Å². The highest BCUT2D eigenvalue weighted by Gasteiger charge is 2.24. The van der Waals surface area contributed by atoms with Crippen molar-refractivity contribution in [2.24, 2.45) is 0 Å². The summed E-state index contributed by atoms with van der Waals surface area (Å²) < 4.78 is 6.32. The Hall–Kier alpha value is -3.20. The van der Waals surface area contributed by atoms with Crippen molar-refractivity contribution in [2.45, 2.75) is 20.8 Å². The molecule has 2 heterocycles. The van der Waals surface area contributed by atoms with Crippen LogP contribution in [0.4, 0.5) is 5.00 Å². The predicted molar refractivity (Wildman–Crippen MR) is 135 cm³/mol. The highest BCUT2D eigenvalue weighted by molar-refractivity contribution is 7.16. The lowest BCUT2D eigenvalue weighted by molar-refractivity contribution is 0.0520. The van der Waals surface area contributed by atoms with Crippen LogP contribution in [-0.2, 0) is 4.74 Å². The van der Waals surface area contributed by atoms with E-state index in [1.807, 2.05) is 26.0 Å². The number of nitrogens with one attached hydrogen (secondary N) is 1. The molecule has 2 aromatic heterocycles. The number of benzene rings is 2. The number of esters is 1. The van der Waals surface area contributed by atoms with Crippen molar-refractivity contribution >= 4 is 62.2 Å². The summed E-state index contributed by atoms with van der Waals surface area (Å²) in [5.74, 6) is -1.18. The number of nitrogens with zero attached hydrogens (tertiary/aromatic N) is 2. The van der Waals surface area contributed by atoms with Gasteiger partial charge in [0.2, 0.25) is 0 Å². The monoisotopic (exact) mass is 515 g/mol. The molecule has 0 aliphatic carbocycles. The number of aryl methyl sites for hydroxylation is 2. The van der Waals surface area contributed by atoms with Crippen LogP contribution < -0.4 is 10.9 Å². The molecule has 0 spiro atoms. The molecule has 0 saturated carbocycles. The maximum atomic E-state index is 13.5. The van der Waals surface area contributed by atoms with Crippen LogP contribution in [0.1, 0.15) is 38.9 Å². The Morgan fingerprint density at radius 1 is 1.12 bits per heavy atom. The van der Waals surface area contributed by atoms with Crippen LogP contribution in [0.2, 0.25) is 10.0 Å². The quantitative estimate of drug-likeness (QED) is 0.339. The fourth-order valence-corrected chi connectivity index (χ4v) is 4.79. The second kappa shape index (κ2) is 9.58. The van der Waals surface area contributed by atoms with Crippen LogP contribution in [0.3, 0.4) is 0 Å². The molecule has 4 aromatic rings. The van der Waals surface area contributed by atoms with Gasteiger partial charge in [0.1, 0.15) is 5.00 Å². The van der Waals surface area contributed by atoms with Crippen LogP contribution in [0, 0.1) is 13.8 Å². The molecule has 0 radical (unpaired) electrons. The fraction of sp³-hybridized carbons (Fsp3) is 0.167. The van der Waals surface area contributed by atoms with Crippen LogP contribution in [-0.4, -0.2) is 28.3 Å². The predicted octanol–water partition coefficient (Wildman–Crippen LogP) is 5.80. The van der Waals surface area contributed by atoms with E-state index in [-0.39, 0.29) is 33.3 Å². The van der Waals surface area contributed by atoms with E-state index < -0.39 is 17.4 Å². The van der Waals surface area contributed by atoms with Gasteiger partial charge >= 0.3 is 5.97 Å². The van der Waals surface area contributed by atoms with Gasteiger partial charge < -0.3 is 10.1 Å². The number of halogens is 2. The third kappa shape index (κ3) is 4.44. The van der Waals surface area contributed by atoms with E-state index in [2.05, 4.69) is 10.4 Å². The Balaban J connectivity index is 1.90. The van der Waals surface area contributed by atoms with Crippen molar-refractivity contribution in [3.8, 4) is 5.69 Å². The van der Waals surface area contributed by atoms with Gasteiger partial charge in [-0.3, -0.25) is 9.59 Å². The van der Waals surface area contributed by atoms with Gasteiger partial charge in [-0.25, -0.2) is 4.79 Å². The molecule has 0 aliphatic rings. The summed E-state index contributed by atoms with van der Waals surface area (Å²) in [4.78, 5) is 39.1. The SMILES string of the molecule is CCOC(=O)c1nn(-c2ccc(C)c(C)c2)c(=O)c2c(NC(=O)c3ccc(Cl)cc3Cl)scc12. The molecule has 10 heteroatoms. The van der Waals surface area contributed by atoms with Crippen molar-refractivity contribution in [3.05, 3.63) is 84.6 Å². The summed E-state index contributed by atoms with van der Waals surface area (Å²) in [6.07, 6.45) is 0. The number of thiophene rings is 1. The number of ether oxygens (including phenoxy) is 1. The standard InChI is InChI=1S/C24H19Cl2N3O4S/c1-4-33-24(32)20-17-11-34-22(27-21(30)16-8-6-14(25)10-18(16)26)19(17)23(31)29(28-20)15-7-5-12(2)13(3)9-15/h5-11H,4H2,1-3H3,(H,27,30). The molecule has 4 rings (SSSR count). The lowest BCUT2D eigenvalue weighted by atomic mass is 10.1. The van der Waals surface area contributed by atoms with Crippen LogP contribution in [0.5, 0.6) is 0 Å². The average molecular weight is 516 g/mol. The smallest absolute Gasteiger partial charge is 0.359 e. The minimum absolute atomic E-state index is 0.0176. The maximum Gasteiger partial charge on any atom is 0.359 e. The van der Waals surface area contributed by atoms with Gasteiger partial charge in [0.05, 0.1) is 28.3 Å². The minimum Gasteiger partial charge on any atom is -0.461 e. The zero-order chi connectivity index (χ0) is 24.6. The second-order valence-corrected chi connectivity index (χ2v) is 9.21. The number of rotatable bonds is 5. The molecule has 174 valence electrons. The topological polar surface area (TPSA) is 90.3 Å². The Morgan fingerprint density at radius 3 is 2.56 bits per heavy atom. The van der Waals surface area contributed by atoms with Gasteiger partial charge in [-0.2, -0.15) is 9.78 Å². The van der Waals surface area contributed by atoms with E-state index in [0.717, 1.165) is 27.1 Å². The van der Waals surface area contributed by atoms with E-state index in [1.54, 1.807) is 24.4 Å². The molecule has 1 N–H and O–H groups in total. The zero-order valence-electron chi connectivity index (χ0n) is 18.4. The molecular formula is C24H19Cl2N3O4S.